The molecule has 0 aliphatic carbocycles. The second-order valence-electron chi connectivity index (χ2n) is 3.34. The normalized spacial score (nSPS) is 8.72. The third kappa shape index (κ3) is 4.61. The van der Waals surface area contributed by atoms with Crippen molar-refractivity contribution in [3.05, 3.63) is 72.3 Å². The molecule has 0 aromatic heterocycles. The topological polar surface area (TPSA) is 43.4 Å². The smallest absolute Gasteiger partial charge is 0.379 e. The van der Waals surface area contributed by atoms with E-state index in [4.69, 9.17) is 0 Å². The number of ether oxygens (including phenoxy) is 1. The second-order valence-corrected chi connectivity index (χ2v) is 3.34. The summed E-state index contributed by atoms with van der Waals surface area (Å²) >= 11 is 0. The van der Waals surface area contributed by atoms with Crippen LogP contribution in [0.1, 0.15) is 10.4 Å². The van der Waals surface area contributed by atoms with Crippen LogP contribution >= 0.6 is 0 Å². The highest BCUT2D eigenvalue weighted by Gasteiger charge is 2.14. The van der Waals surface area contributed by atoms with Crippen LogP contribution in [-0.2, 0) is 9.53 Å². The highest BCUT2D eigenvalue weighted by Crippen LogP contribution is 2.00. The Morgan fingerprint density at radius 2 is 1.17 bits per heavy atom. The Kier molecular flexibility index (Phi) is 5.90. The van der Waals surface area contributed by atoms with Gasteiger partial charge in [0.05, 0.1) is 7.11 Å². The minimum Gasteiger partial charge on any atom is -0.463 e. The van der Waals surface area contributed by atoms with Gasteiger partial charge in [-0.3, -0.25) is 4.79 Å². The van der Waals surface area contributed by atoms with Crippen molar-refractivity contribution in [3.8, 4) is 0 Å². The summed E-state index contributed by atoms with van der Waals surface area (Å²) in [7, 11) is 1.18. The molecule has 0 radical (unpaired) electrons. The summed E-state index contributed by atoms with van der Waals surface area (Å²) in [6, 6.07) is 20.3. The number of hydrogen-bond acceptors (Lipinski definition) is 3. The summed E-state index contributed by atoms with van der Waals surface area (Å²) < 4.78 is 4.28. The lowest BCUT2D eigenvalue weighted by Crippen LogP contribution is -2.15. The molecule has 0 saturated heterocycles. The molecule has 2 aromatic rings. The van der Waals surface area contributed by atoms with Gasteiger partial charge in [-0.2, -0.15) is 0 Å². The third-order valence-electron chi connectivity index (χ3n) is 2.07. The number of benzene rings is 2. The molecule has 0 saturated carbocycles. The first kappa shape index (κ1) is 13.6. The van der Waals surface area contributed by atoms with Crippen LogP contribution in [0, 0.1) is 0 Å². The molecule has 0 aliphatic heterocycles. The first-order valence-electron chi connectivity index (χ1n) is 5.43. The Hall–Kier alpha value is -2.42. The van der Waals surface area contributed by atoms with E-state index < -0.39 is 11.8 Å². The molecule has 2 aromatic carbocycles. The Morgan fingerprint density at radius 1 is 0.778 bits per heavy atom. The van der Waals surface area contributed by atoms with Gasteiger partial charge in [-0.1, -0.05) is 66.7 Å². The fourth-order valence-electron chi connectivity index (χ4n) is 1.18. The van der Waals surface area contributed by atoms with E-state index in [-0.39, 0.29) is 0 Å². The van der Waals surface area contributed by atoms with Gasteiger partial charge >= 0.3 is 5.97 Å². The number of esters is 1. The van der Waals surface area contributed by atoms with Crippen molar-refractivity contribution in [2.75, 3.05) is 7.11 Å². The van der Waals surface area contributed by atoms with E-state index in [1.54, 1.807) is 30.3 Å². The zero-order chi connectivity index (χ0) is 13.2. The second kappa shape index (κ2) is 7.79. The molecule has 92 valence electrons. The number of rotatable bonds is 2. The lowest BCUT2D eigenvalue weighted by atomic mass is 10.1. The maximum Gasteiger partial charge on any atom is 0.379 e. The summed E-state index contributed by atoms with van der Waals surface area (Å²) in [5.41, 5.74) is 0.351. The quantitative estimate of drug-likeness (QED) is 0.462. The highest BCUT2D eigenvalue weighted by atomic mass is 16.5. The zero-order valence-electron chi connectivity index (χ0n) is 10.1. The third-order valence-corrected chi connectivity index (χ3v) is 2.07. The summed E-state index contributed by atoms with van der Waals surface area (Å²) in [6.07, 6.45) is 0. The maximum absolute atomic E-state index is 11.1. The molecule has 2 rings (SSSR count). The van der Waals surface area contributed by atoms with Crippen LogP contribution < -0.4 is 0 Å². The van der Waals surface area contributed by atoms with Crippen molar-refractivity contribution in [2.24, 2.45) is 0 Å². The van der Waals surface area contributed by atoms with Crippen molar-refractivity contribution < 1.29 is 14.3 Å². The van der Waals surface area contributed by atoms with Gasteiger partial charge in [0.2, 0.25) is 0 Å². The van der Waals surface area contributed by atoms with Crippen molar-refractivity contribution >= 4 is 11.8 Å². The van der Waals surface area contributed by atoms with E-state index in [1.807, 2.05) is 36.4 Å². The van der Waals surface area contributed by atoms with Crippen LogP contribution in [-0.4, -0.2) is 18.9 Å². The van der Waals surface area contributed by atoms with Crippen LogP contribution in [0.15, 0.2) is 66.7 Å². The van der Waals surface area contributed by atoms with Crippen LogP contribution in [0.3, 0.4) is 0 Å². The zero-order valence-corrected chi connectivity index (χ0v) is 10.1. The number of Topliss-reactive ketones (excluding diaryl/α,β-unsaturated/α-hetero) is 1. The van der Waals surface area contributed by atoms with E-state index >= 15 is 0 Å². The maximum atomic E-state index is 11.1. The SMILES string of the molecule is COC(=O)C(=O)c1ccccc1.c1ccccc1. The van der Waals surface area contributed by atoms with Crippen LogP contribution in [0.2, 0.25) is 0 Å². The van der Waals surface area contributed by atoms with E-state index in [2.05, 4.69) is 4.74 Å². The number of hydrogen-bond donors (Lipinski definition) is 0. The largest absolute Gasteiger partial charge is 0.463 e. The molecule has 0 bridgehead atoms. The molecule has 3 nitrogen and oxygen atoms in total. The van der Waals surface area contributed by atoms with Gasteiger partial charge < -0.3 is 4.74 Å². The lowest BCUT2D eigenvalue weighted by Gasteiger charge is -1.96. The molecule has 0 fully saturated rings. The number of carbonyl (C=O) groups excluding carboxylic acids is 2. The first-order chi connectivity index (χ1) is 8.75. The van der Waals surface area contributed by atoms with Gasteiger partial charge in [0.1, 0.15) is 0 Å². The number of ketones is 1. The Balaban J connectivity index is 0.000000225. The minimum atomic E-state index is -0.832. The van der Waals surface area contributed by atoms with Gasteiger partial charge in [-0.25, -0.2) is 4.79 Å². The molecule has 0 heterocycles. The first-order valence-corrected chi connectivity index (χ1v) is 5.43. The van der Waals surface area contributed by atoms with Crippen molar-refractivity contribution in [1.29, 1.82) is 0 Å². The minimum absolute atomic E-state index is 0.351. The average Bonchev–Trinajstić information content (AvgIpc) is 2.49. The fraction of sp³-hybridized carbons (Fsp3) is 0.0667. The molecule has 18 heavy (non-hydrogen) atoms. The van der Waals surface area contributed by atoms with Crippen LogP contribution in [0.25, 0.3) is 0 Å². The van der Waals surface area contributed by atoms with E-state index in [0.29, 0.717) is 5.56 Å². The van der Waals surface area contributed by atoms with E-state index in [9.17, 15) is 9.59 Å². The predicted octanol–water partition coefficient (Wildman–Crippen LogP) is 2.73. The van der Waals surface area contributed by atoms with Gasteiger partial charge in [-0.05, 0) is 0 Å². The van der Waals surface area contributed by atoms with Gasteiger partial charge in [0.15, 0.2) is 0 Å². The standard InChI is InChI=1S/C9H8O3.C6H6/c1-12-9(11)8(10)7-5-3-2-4-6-7;1-2-4-6-5-3-1/h2-6H,1H3;1-6H. The molecule has 0 atom stereocenters. The number of methoxy groups -OCH3 is 1. The number of carbonyl (C=O) groups is 2. The van der Waals surface area contributed by atoms with Gasteiger partial charge in [0, 0.05) is 5.56 Å². The lowest BCUT2D eigenvalue weighted by molar-refractivity contribution is -0.135. The van der Waals surface area contributed by atoms with Crippen LogP contribution in [0.4, 0.5) is 0 Å². The highest BCUT2D eigenvalue weighted by molar-refractivity contribution is 6.40. The van der Waals surface area contributed by atoms with Crippen molar-refractivity contribution in [2.45, 2.75) is 0 Å². The van der Waals surface area contributed by atoms with E-state index in [1.165, 1.54) is 7.11 Å². The molecule has 0 amide bonds. The van der Waals surface area contributed by atoms with Crippen molar-refractivity contribution in [1.82, 2.24) is 0 Å². The Bertz CT molecular complexity index is 451. The average molecular weight is 242 g/mol. The molecular weight excluding hydrogens is 228 g/mol. The fourth-order valence-corrected chi connectivity index (χ4v) is 1.18. The van der Waals surface area contributed by atoms with E-state index in [0.717, 1.165) is 0 Å². The van der Waals surface area contributed by atoms with Gasteiger partial charge in [0.25, 0.3) is 5.78 Å². The summed E-state index contributed by atoms with van der Waals surface area (Å²) in [4.78, 5) is 21.8. The molecule has 0 spiro atoms. The molecule has 3 heteroatoms. The van der Waals surface area contributed by atoms with Gasteiger partial charge in [-0.15, -0.1) is 0 Å². The van der Waals surface area contributed by atoms with Crippen molar-refractivity contribution in [3.63, 3.8) is 0 Å². The summed E-state index contributed by atoms with van der Waals surface area (Å²) in [5.74, 6) is -1.45. The predicted molar refractivity (Wildman–Crippen MR) is 69.2 cm³/mol. The molecular formula is C15H14O3. The molecule has 0 unspecified atom stereocenters. The summed E-state index contributed by atoms with van der Waals surface area (Å²) in [6.45, 7) is 0. The monoisotopic (exact) mass is 242 g/mol. The Labute approximate surface area is 106 Å². The molecule has 0 aliphatic rings. The Morgan fingerprint density at radius 3 is 1.56 bits per heavy atom. The van der Waals surface area contributed by atoms with Crippen LogP contribution in [0.5, 0.6) is 0 Å². The molecule has 0 N–H and O–H groups in total. The summed E-state index contributed by atoms with van der Waals surface area (Å²) in [5, 5.41) is 0.